The molecule has 0 amide bonds. The summed E-state index contributed by atoms with van der Waals surface area (Å²) in [5, 5.41) is 0. The Morgan fingerprint density at radius 2 is 1.80 bits per heavy atom. The third kappa shape index (κ3) is 4.70. The molecule has 8 heteroatoms. The van der Waals surface area contributed by atoms with E-state index in [1.165, 1.54) is 6.20 Å². The van der Waals surface area contributed by atoms with Crippen molar-refractivity contribution in [2.24, 2.45) is 5.92 Å². The number of halogens is 1. The molecule has 0 aliphatic carbocycles. The highest BCUT2D eigenvalue weighted by molar-refractivity contribution is 9.10. The van der Waals surface area contributed by atoms with Crippen LogP contribution in [0.25, 0.3) is 0 Å². The highest BCUT2D eigenvalue weighted by Crippen LogP contribution is 2.22. The first-order valence-electron chi connectivity index (χ1n) is 8.34. The first kappa shape index (κ1) is 19.7. The van der Waals surface area contributed by atoms with Crippen LogP contribution in [0.4, 0.5) is 0 Å². The van der Waals surface area contributed by atoms with Crippen molar-refractivity contribution < 1.29 is 23.8 Å². The van der Waals surface area contributed by atoms with E-state index in [4.69, 9.17) is 14.2 Å². The lowest BCUT2D eigenvalue weighted by atomic mass is 10.00. The molecule has 0 bridgehead atoms. The van der Waals surface area contributed by atoms with Gasteiger partial charge in [0.1, 0.15) is 11.3 Å². The lowest BCUT2D eigenvalue weighted by molar-refractivity contribution is 0.0479. The quantitative estimate of drug-likeness (QED) is 0.663. The number of rotatable bonds is 6. The highest BCUT2D eigenvalue weighted by atomic mass is 79.9. The minimum Gasteiger partial charge on any atom is -0.462 e. The van der Waals surface area contributed by atoms with Gasteiger partial charge in [-0.25, -0.2) is 9.59 Å². The van der Waals surface area contributed by atoms with Gasteiger partial charge in [0, 0.05) is 26.0 Å². The first-order chi connectivity index (χ1) is 12.0. The Morgan fingerprint density at radius 1 is 1.20 bits per heavy atom. The summed E-state index contributed by atoms with van der Waals surface area (Å²) in [7, 11) is 0. The topological polar surface area (TPSA) is 83.8 Å². The molecule has 0 atom stereocenters. The summed E-state index contributed by atoms with van der Waals surface area (Å²) >= 11 is 3.17. The third-order valence-corrected chi connectivity index (χ3v) is 4.72. The Kier molecular flexibility index (Phi) is 7.19. The molecule has 25 heavy (non-hydrogen) atoms. The van der Waals surface area contributed by atoms with Crippen molar-refractivity contribution in [1.82, 2.24) is 4.57 Å². The van der Waals surface area contributed by atoms with Crippen LogP contribution in [0.15, 0.2) is 15.5 Å². The highest BCUT2D eigenvalue weighted by Gasteiger charge is 2.26. The third-order valence-electron chi connectivity index (χ3n) is 3.98. The molecule has 0 aromatic carbocycles. The van der Waals surface area contributed by atoms with Crippen LogP contribution in [-0.4, -0.2) is 42.9 Å². The van der Waals surface area contributed by atoms with Gasteiger partial charge in [-0.2, -0.15) is 0 Å². The lowest BCUT2D eigenvalue weighted by Gasteiger charge is -2.25. The molecule has 0 N–H and O–H groups in total. The molecule has 138 valence electrons. The number of carbonyl (C=O) groups excluding carboxylic acids is 2. The molecular formula is C17H22BrNO6. The Labute approximate surface area is 154 Å². The summed E-state index contributed by atoms with van der Waals surface area (Å²) in [5.74, 6) is -1.02. The van der Waals surface area contributed by atoms with Crippen LogP contribution in [0.2, 0.25) is 0 Å². The average Bonchev–Trinajstić information content (AvgIpc) is 2.59. The molecule has 0 radical (unpaired) electrons. The van der Waals surface area contributed by atoms with Gasteiger partial charge in [-0.1, -0.05) is 0 Å². The Hall–Kier alpha value is -1.67. The maximum Gasteiger partial charge on any atom is 0.356 e. The van der Waals surface area contributed by atoms with E-state index in [9.17, 15) is 14.4 Å². The van der Waals surface area contributed by atoms with Crippen molar-refractivity contribution in [2.75, 3.05) is 26.4 Å². The van der Waals surface area contributed by atoms with E-state index in [1.807, 2.05) is 0 Å². The SMILES string of the molecule is CCOC(=O)c1cn(CC2CCOCC2)c(C(=O)OCC)c(Br)c1=O. The molecule has 0 saturated carbocycles. The van der Waals surface area contributed by atoms with Crippen LogP contribution in [0.1, 0.15) is 47.5 Å². The summed E-state index contributed by atoms with van der Waals surface area (Å²) in [6.07, 6.45) is 3.09. The van der Waals surface area contributed by atoms with Gasteiger partial charge in [-0.15, -0.1) is 0 Å². The van der Waals surface area contributed by atoms with Crippen LogP contribution in [0, 0.1) is 5.92 Å². The van der Waals surface area contributed by atoms with Crippen molar-refractivity contribution in [3.05, 3.63) is 32.2 Å². The lowest BCUT2D eigenvalue weighted by Crippen LogP contribution is -2.29. The summed E-state index contributed by atoms with van der Waals surface area (Å²) < 4.78 is 17.0. The second kappa shape index (κ2) is 9.15. The number of nitrogens with zero attached hydrogens (tertiary/aromatic N) is 1. The van der Waals surface area contributed by atoms with E-state index in [-0.39, 0.29) is 34.9 Å². The number of hydrogen-bond acceptors (Lipinski definition) is 6. The minimum atomic E-state index is -0.704. The van der Waals surface area contributed by atoms with E-state index in [2.05, 4.69) is 15.9 Å². The fraction of sp³-hybridized carbons (Fsp3) is 0.588. The molecule has 0 unspecified atom stereocenters. The monoisotopic (exact) mass is 415 g/mol. The maximum absolute atomic E-state index is 12.5. The summed E-state index contributed by atoms with van der Waals surface area (Å²) in [6.45, 7) is 5.52. The second-order valence-corrected chi connectivity index (χ2v) is 6.48. The van der Waals surface area contributed by atoms with Crippen molar-refractivity contribution in [1.29, 1.82) is 0 Å². The van der Waals surface area contributed by atoms with Gasteiger partial charge >= 0.3 is 11.9 Å². The van der Waals surface area contributed by atoms with Gasteiger partial charge in [0.15, 0.2) is 0 Å². The van der Waals surface area contributed by atoms with E-state index in [0.29, 0.717) is 19.8 Å². The van der Waals surface area contributed by atoms with E-state index < -0.39 is 17.4 Å². The normalized spacial score (nSPS) is 15.0. The van der Waals surface area contributed by atoms with Gasteiger partial charge < -0.3 is 18.8 Å². The minimum absolute atomic E-state index is 0.0172. The molecule has 1 aromatic rings. The first-order valence-corrected chi connectivity index (χ1v) is 9.13. The molecule has 1 aromatic heterocycles. The van der Waals surface area contributed by atoms with Crippen molar-refractivity contribution in [2.45, 2.75) is 33.2 Å². The standard InChI is InChI=1S/C17H22BrNO6/c1-3-24-16(21)12-10-19(9-11-5-7-23-8-6-11)14(13(18)15(12)20)17(22)25-4-2/h10-11H,3-9H2,1-2H3. The van der Waals surface area contributed by atoms with Gasteiger partial charge in [0.2, 0.25) is 5.43 Å². The average molecular weight is 416 g/mol. The van der Waals surface area contributed by atoms with E-state index in [0.717, 1.165) is 12.8 Å². The molecule has 2 rings (SSSR count). The summed E-state index contributed by atoms with van der Waals surface area (Å²) in [6, 6.07) is 0. The summed E-state index contributed by atoms with van der Waals surface area (Å²) in [5.41, 5.74) is -0.565. The van der Waals surface area contributed by atoms with E-state index >= 15 is 0 Å². The van der Waals surface area contributed by atoms with Crippen molar-refractivity contribution >= 4 is 27.9 Å². The van der Waals surface area contributed by atoms with Crippen LogP contribution < -0.4 is 5.43 Å². The van der Waals surface area contributed by atoms with Gasteiger partial charge in [0.25, 0.3) is 0 Å². The van der Waals surface area contributed by atoms with Crippen molar-refractivity contribution in [3.63, 3.8) is 0 Å². The maximum atomic E-state index is 12.5. The fourth-order valence-electron chi connectivity index (χ4n) is 2.74. The molecule has 7 nitrogen and oxygen atoms in total. The smallest absolute Gasteiger partial charge is 0.356 e. The number of carbonyl (C=O) groups is 2. The Bertz CT molecular complexity index is 693. The zero-order valence-corrected chi connectivity index (χ0v) is 16.0. The van der Waals surface area contributed by atoms with E-state index in [1.54, 1.807) is 18.4 Å². The predicted molar refractivity (Wildman–Crippen MR) is 93.9 cm³/mol. The Morgan fingerprint density at radius 3 is 2.40 bits per heavy atom. The molecular weight excluding hydrogens is 394 g/mol. The van der Waals surface area contributed by atoms with Crippen LogP contribution in [0.3, 0.4) is 0 Å². The van der Waals surface area contributed by atoms with Crippen LogP contribution in [-0.2, 0) is 20.8 Å². The molecule has 1 aliphatic rings. The molecule has 1 fully saturated rings. The number of ether oxygens (including phenoxy) is 3. The van der Waals surface area contributed by atoms with Crippen LogP contribution in [0.5, 0.6) is 0 Å². The molecule has 0 spiro atoms. The number of hydrogen-bond donors (Lipinski definition) is 0. The zero-order chi connectivity index (χ0) is 18.4. The van der Waals surface area contributed by atoms with Gasteiger partial charge in [-0.3, -0.25) is 4.79 Å². The van der Waals surface area contributed by atoms with Crippen molar-refractivity contribution in [3.8, 4) is 0 Å². The number of pyridine rings is 1. The summed E-state index contributed by atoms with van der Waals surface area (Å²) in [4.78, 5) is 36.9. The largest absolute Gasteiger partial charge is 0.462 e. The predicted octanol–water partition coefficient (Wildman–Crippen LogP) is 2.39. The zero-order valence-electron chi connectivity index (χ0n) is 14.4. The molecule has 2 heterocycles. The van der Waals surface area contributed by atoms with Crippen LogP contribution >= 0.6 is 15.9 Å². The number of esters is 2. The second-order valence-electron chi connectivity index (χ2n) is 5.68. The molecule has 1 saturated heterocycles. The van der Waals surface area contributed by atoms with Gasteiger partial charge in [0.05, 0.1) is 17.7 Å². The Balaban J connectivity index is 2.48. The van der Waals surface area contributed by atoms with Gasteiger partial charge in [-0.05, 0) is 48.5 Å². The number of aromatic nitrogens is 1. The molecule has 1 aliphatic heterocycles. The fourth-order valence-corrected chi connectivity index (χ4v) is 3.35.